The molecule has 14 N–H and O–H groups in total. The van der Waals surface area contributed by atoms with Crippen LogP contribution in [0.4, 0.5) is 0 Å². The van der Waals surface area contributed by atoms with E-state index in [1.54, 1.807) is 54.6 Å². The number of aliphatic carboxylic acids is 2. The lowest BCUT2D eigenvalue weighted by Gasteiger charge is -2.47. The second kappa shape index (κ2) is 32.8. The van der Waals surface area contributed by atoms with Gasteiger partial charge in [0.1, 0.15) is 24.4 Å². The van der Waals surface area contributed by atoms with Gasteiger partial charge < -0.3 is 86.8 Å². The van der Waals surface area contributed by atoms with Crippen molar-refractivity contribution in [3.63, 3.8) is 0 Å². The molecule has 2 saturated heterocycles. The first-order valence-corrected chi connectivity index (χ1v) is 32.0. The lowest BCUT2D eigenvalue weighted by molar-refractivity contribution is -0.257. The second-order valence-corrected chi connectivity index (χ2v) is 24.3. The number of carboxylic acid groups (broad SMARTS) is 2. The van der Waals surface area contributed by atoms with Gasteiger partial charge >= 0.3 is 11.9 Å². The Hall–Kier alpha value is -10.0. The molecule has 0 spiro atoms. The Bertz CT molecular complexity index is 3650. The molecule has 2 aliphatic heterocycles. The van der Waals surface area contributed by atoms with Crippen LogP contribution in [-0.4, -0.2) is 195 Å². The average molecular weight is 1350 g/mol. The van der Waals surface area contributed by atoms with Crippen LogP contribution < -0.4 is 31.9 Å². The monoisotopic (exact) mass is 1350 g/mol. The summed E-state index contributed by atoms with van der Waals surface area (Å²) in [4.78, 5) is 103. The van der Waals surface area contributed by atoms with Crippen molar-refractivity contribution in [2.75, 3.05) is 26.2 Å². The zero-order valence-corrected chi connectivity index (χ0v) is 53.7. The molecular formula is C70H80N10O18. The van der Waals surface area contributed by atoms with E-state index in [1.165, 1.54) is 47.4 Å². The van der Waals surface area contributed by atoms with Crippen molar-refractivity contribution in [2.24, 2.45) is 0 Å². The summed E-state index contributed by atoms with van der Waals surface area (Å²) in [6, 6.07) is 37.3. The minimum absolute atomic E-state index is 0.228. The number of carbonyl (C=O) groups is 8. The SMILES string of the molecule is CC(=O)N[C@H]1[C@H]([C@H](O)[C@H](O)CNC(=O)c2ccc(-c3ccccc3)cc2)O[C@](C(=O)O)(n2ccc(CCCCNC(=O)c3ccc(C(=O)NCCCCc4cn([C@]5(C(=O)O)C[C@H](O)[C@@H](NC(C)=O)[C@H]([C@H](O)[C@H](O)CNC(=O)c6ccc(-c7ccccc7)cc6)O5)nn4)cc3)c2)C[C@@H]1O. The minimum Gasteiger partial charge on any atom is -0.478 e. The average Bonchev–Trinajstić information content (AvgIpc) is 1.25. The van der Waals surface area contributed by atoms with E-state index in [2.05, 4.69) is 42.2 Å². The number of aliphatic hydroxyl groups is 6. The molecule has 9 rings (SSSR count). The molecule has 98 heavy (non-hydrogen) atoms. The zero-order valence-electron chi connectivity index (χ0n) is 53.7. The molecule has 28 heteroatoms. The van der Waals surface area contributed by atoms with Gasteiger partial charge in [0.15, 0.2) is 0 Å². The van der Waals surface area contributed by atoms with Crippen molar-refractivity contribution in [3.05, 3.63) is 192 Å². The van der Waals surface area contributed by atoms with E-state index in [0.29, 0.717) is 48.9 Å². The van der Waals surface area contributed by atoms with Gasteiger partial charge in [-0.25, -0.2) is 14.3 Å². The van der Waals surface area contributed by atoms with Crippen molar-refractivity contribution < 1.29 is 88.7 Å². The maximum absolute atomic E-state index is 13.1. The molecular weight excluding hydrogens is 1270 g/mol. The molecule has 518 valence electrons. The highest BCUT2D eigenvalue weighted by molar-refractivity contribution is 5.98. The predicted octanol–water partition coefficient (Wildman–Crippen LogP) is 2.01. The van der Waals surface area contributed by atoms with Gasteiger partial charge in [-0.15, -0.1) is 5.10 Å². The molecule has 0 unspecified atom stereocenters. The lowest BCUT2D eigenvalue weighted by atomic mass is 9.87. The maximum Gasteiger partial charge on any atom is 0.359 e. The topological polar surface area (TPSA) is 425 Å². The first-order chi connectivity index (χ1) is 47.0. The van der Waals surface area contributed by atoms with E-state index >= 15 is 0 Å². The van der Waals surface area contributed by atoms with Crippen LogP contribution in [0.5, 0.6) is 0 Å². The number of hydrogen-bond acceptors (Lipinski definition) is 18. The number of aryl methyl sites for hydroxylation is 2. The molecule has 4 heterocycles. The van der Waals surface area contributed by atoms with Crippen molar-refractivity contribution in [1.29, 1.82) is 0 Å². The van der Waals surface area contributed by atoms with Crippen LogP contribution in [-0.2, 0) is 52.9 Å². The Balaban J connectivity index is 0.703. The largest absolute Gasteiger partial charge is 0.478 e. The number of aliphatic hydroxyl groups excluding tert-OH is 6. The highest BCUT2D eigenvalue weighted by Gasteiger charge is 2.58. The molecule has 2 aromatic heterocycles. The van der Waals surface area contributed by atoms with E-state index in [-0.39, 0.29) is 36.2 Å². The van der Waals surface area contributed by atoms with E-state index in [9.17, 15) is 79.2 Å². The molecule has 0 radical (unpaired) electrons. The summed E-state index contributed by atoms with van der Waals surface area (Å²) in [6.07, 6.45) is -8.39. The number of carbonyl (C=O) groups excluding carboxylic acids is 6. The first-order valence-electron chi connectivity index (χ1n) is 32.0. The van der Waals surface area contributed by atoms with Gasteiger partial charge in [-0.05, 0) is 121 Å². The fourth-order valence-corrected chi connectivity index (χ4v) is 12.0. The number of rotatable bonds is 30. The van der Waals surface area contributed by atoms with Crippen LogP contribution in [0, 0.1) is 0 Å². The van der Waals surface area contributed by atoms with Crippen molar-refractivity contribution >= 4 is 47.4 Å². The van der Waals surface area contributed by atoms with Crippen LogP contribution in [0.25, 0.3) is 22.3 Å². The van der Waals surface area contributed by atoms with E-state index < -0.39 is 146 Å². The summed E-state index contributed by atoms with van der Waals surface area (Å²) >= 11 is 0. The third-order valence-corrected chi connectivity index (χ3v) is 17.3. The first kappa shape index (κ1) is 72.2. The van der Waals surface area contributed by atoms with Gasteiger partial charge in [0.05, 0.1) is 48.4 Å². The molecule has 7 aromatic rings. The Morgan fingerprint density at radius 1 is 0.500 bits per heavy atom. The van der Waals surface area contributed by atoms with Crippen LogP contribution >= 0.6 is 0 Å². The fraction of sp³-hybridized carbons (Fsp3) is 0.371. The molecule has 0 bridgehead atoms. The van der Waals surface area contributed by atoms with Crippen LogP contribution in [0.1, 0.15) is 105 Å². The Kier molecular flexibility index (Phi) is 24.2. The predicted molar refractivity (Wildman–Crippen MR) is 351 cm³/mol. The highest BCUT2D eigenvalue weighted by Crippen LogP contribution is 2.38. The summed E-state index contributed by atoms with van der Waals surface area (Å²) < 4.78 is 14.3. The smallest absolute Gasteiger partial charge is 0.359 e. The molecule has 0 saturated carbocycles. The third-order valence-electron chi connectivity index (χ3n) is 17.3. The Morgan fingerprint density at radius 2 is 0.888 bits per heavy atom. The highest BCUT2D eigenvalue weighted by atomic mass is 16.6. The summed E-state index contributed by atoms with van der Waals surface area (Å²) in [5, 5.41) is 113. The van der Waals surface area contributed by atoms with E-state index in [1.807, 2.05) is 60.7 Å². The molecule has 2 aliphatic rings. The number of benzene rings is 5. The van der Waals surface area contributed by atoms with Gasteiger partial charge in [0.25, 0.3) is 29.4 Å². The third kappa shape index (κ3) is 17.6. The van der Waals surface area contributed by atoms with Gasteiger partial charge in [0, 0.05) is 87.5 Å². The summed E-state index contributed by atoms with van der Waals surface area (Å²) in [5.74, 6) is -6.37. The molecule has 0 aliphatic carbocycles. The van der Waals surface area contributed by atoms with E-state index in [0.717, 1.165) is 40.8 Å². The van der Waals surface area contributed by atoms with Gasteiger partial charge in [-0.3, -0.25) is 28.8 Å². The Morgan fingerprint density at radius 3 is 1.32 bits per heavy atom. The summed E-state index contributed by atoms with van der Waals surface area (Å²) in [6.45, 7) is 1.78. The lowest BCUT2D eigenvalue weighted by Crippen LogP contribution is -2.67. The number of carboxylic acids is 2. The standard InChI is InChI=1S/C70H80N10O18/c1-41(81)75-57-53(83)35-69(67(93)94,97-61(57)59(87)55(85)37-73-65(91)50-23-19-46(20-24-50)44-14-5-3-6-15-44)79-34-31-43(39-79)13-9-11-32-71-63(89)48-27-29-49(30-28-48)64(90)72-33-12-10-18-52-40-80(78-77-52)70(68(95)96)36-54(84)58(76-42(2)82)62(98-70)60(88)56(86)38-74-66(92)51-25-21-47(22-26-51)45-16-7-4-8-17-45/h3-8,14-17,19-31,34,39-40,53-62,83-88H,9-13,18,32-33,35-38H2,1-2H3,(H,71,89)(H,72,90)(H,73,91)(H,74,92)(H,75,81)(H,76,82)(H,93,94)(H,95,96)/t53-,54-,55+,56+,57+,58+,59+,60+,61+,62+,69+,70+/m0/s1. The van der Waals surface area contributed by atoms with Crippen molar-refractivity contribution in [2.45, 2.75) is 138 Å². The number of nitrogens with one attached hydrogen (secondary N) is 6. The quantitative estimate of drug-likeness (QED) is 0.0286. The number of hydrogen-bond donors (Lipinski definition) is 14. The van der Waals surface area contributed by atoms with Gasteiger partial charge in [-0.2, -0.15) is 0 Å². The van der Waals surface area contributed by atoms with E-state index in [4.69, 9.17) is 9.47 Å². The van der Waals surface area contributed by atoms with Gasteiger partial charge in [0.2, 0.25) is 17.5 Å². The van der Waals surface area contributed by atoms with Crippen molar-refractivity contribution in [3.8, 4) is 22.3 Å². The summed E-state index contributed by atoms with van der Waals surface area (Å²) in [7, 11) is 0. The molecule has 5 aromatic carbocycles. The van der Waals surface area contributed by atoms with Crippen molar-refractivity contribution in [1.82, 2.24) is 51.5 Å². The second-order valence-electron chi connectivity index (χ2n) is 24.3. The Labute approximate surface area is 563 Å². The maximum atomic E-state index is 13.1. The number of nitrogens with zero attached hydrogens (tertiary/aromatic N) is 4. The zero-order chi connectivity index (χ0) is 70.3. The van der Waals surface area contributed by atoms with Crippen LogP contribution in [0.2, 0.25) is 0 Å². The van der Waals surface area contributed by atoms with Gasteiger partial charge in [-0.1, -0.05) is 90.1 Å². The molecule has 12 atom stereocenters. The number of aromatic nitrogens is 4. The number of unbranched alkanes of at least 4 members (excludes halogenated alkanes) is 2. The normalized spacial score (nSPS) is 21.8. The summed E-state index contributed by atoms with van der Waals surface area (Å²) in [5.41, 5.74) is 0.947. The fourth-order valence-electron chi connectivity index (χ4n) is 12.0. The molecule has 6 amide bonds. The molecule has 28 nitrogen and oxygen atoms in total. The van der Waals surface area contributed by atoms with Crippen LogP contribution in [0.3, 0.4) is 0 Å². The molecule has 2 fully saturated rings. The number of ether oxygens (including phenoxy) is 2. The number of amides is 6. The minimum atomic E-state index is -2.48. The van der Waals surface area contributed by atoms with Crippen LogP contribution in [0.15, 0.2) is 158 Å².